The Balaban J connectivity index is 2.90. The molecular weight excluding hydrogens is 152 g/mol. The van der Waals surface area contributed by atoms with E-state index in [1.54, 1.807) is 13.2 Å². The molecule has 0 saturated carbocycles. The van der Waals surface area contributed by atoms with Gasteiger partial charge in [-0.15, -0.1) is 0 Å². The molecule has 3 heteroatoms. The SMILES string of the molecule is CC(C)Cc1ccn(C)c(=O)n1. The van der Waals surface area contributed by atoms with E-state index in [4.69, 9.17) is 0 Å². The van der Waals surface area contributed by atoms with Crippen molar-refractivity contribution in [1.82, 2.24) is 9.55 Å². The second kappa shape index (κ2) is 3.52. The summed E-state index contributed by atoms with van der Waals surface area (Å²) in [5.74, 6) is 0.546. The van der Waals surface area contributed by atoms with E-state index in [0.29, 0.717) is 5.92 Å². The highest BCUT2D eigenvalue weighted by atomic mass is 16.1. The number of hydrogen-bond donors (Lipinski definition) is 0. The van der Waals surface area contributed by atoms with Crippen LogP contribution in [0.25, 0.3) is 0 Å². The summed E-state index contributed by atoms with van der Waals surface area (Å²) < 4.78 is 1.48. The third kappa shape index (κ3) is 2.19. The van der Waals surface area contributed by atoms with Crippen molar-refractivity contribution in [3.05, 3.63) is 28.4 Å². The van der Waals surface area contributed by atoms with Crippen LogP contribution in [0.15, 0.2) is 17.1 Å². The van der Waals surface area contributed by atoms with E-state index in [0.717, 1.165) is 12.1 Å². The van der Waals surface area contributed by atoms with Crippen molar-refractivity contribution in [2.24, 2.45) is 13.0 Å². The van der Waals surface area contributed by atoms with Gasteiger partial charge in [-0.25, -0.2) is 4.79 Å². The molecule has 0 fully saturated rings. The van der Waals surface area contributed by atoms with Crippen molar-refractivity contribution in [1.29, 1.82) is 0 Å². The summed E-state index contributed by atoms with van der Waals surface area (Å²) in [7, 11) is 1.70. The predicted octanol–water partition coefficient (Wildman–Crippen LogP) is 0.979. The Morgan fingerprint density at radius 3 is 2.75 bits per heavy atom. The molecule has 0 spiro atoms. The lowest BCUT2D eigenvalue weighted by Gasteiger charge is -2.03. The van der Waals surface area contributed by atoms with Gasteiger partial charge in [0, 0.05) is 18.9 Å². The van der Waals surface area contributed by atoms with Gasteiger partial charge in [-0.2, -0.15) is 4.98 Å². The fraction of sp³-hybridized carbons (Fsp3) is 0.556. The summed E-state index contributed by atoms with van der Waals surface area (Å²) in [6, 6.07) is 1.89. The van der Waals surface area contributed by atoms with Gasteiger partial charge in [0.25, 0.3) is 0 Å². The van der Waals surface area contributed by atoms with E-state index in [-0.39, 0.29) is 5.69 Å². The number of aryl methyl sites for hydroxylation is 1. The molecule has 0 bridgehead atoms. The van der Waals surface area contributed by atoms with E-state index in [1.807, 2.05) is 6.07 Å². The summed E-state index contributed by atoms with van der Waals surface area (Å²) in [6.45, 7) is 4.22. The highest BCUT2D eigenvalue weighted by molar-refractivity contribution is 4.99. The molecule has 0 aliphatic rings. The monoisotopic (exact) mass is 166 g/mol. The third-order valence-corrected chi connectivity index (χ3v) is 1.65. The first kappa shape index (κ1) is 8.97. The molecule has 0 unspecified atom stereocenters. The van der Waals surface area contributed by atoms with Crippen LogP contribution in [0.4, 0.5) is 0 Å². The fourth-order valence-corrected chi connectivity index (χ4v) is 1.03. The fourth-order valence-electron chi connectivity index (χ4n) is 1.03. The van der Waals surface area contributed by atoms with Gasteiger partial charge >= 0.3 is 5.69 Å². The average molecular weight is 166 g/mol. The zero-order chi connectivity index (χ0) is 9.14. The van der Waals surface area contributed by atoms with Crippen LogP contribution >= 0.6 is 0 Å². The molecule has 0 radical (unpaired) electrons. The summed E-state index contributed by atoms with van der Waals surface area (Å²) in [5.41, 5.74) is 0.709. The minimum Gasteiger partial charge on any atom is -0.302 e. The summed E-state index contributed by atoms with van der Waals surface area (Å²) >= 11 is 0. The summed E-state index contributed by atoms with van der Waals surface area (Å²) in [4.78, 5) is 15.0. The van der Waals surface area contributed by atoms with Crippen LogP contribution in [0, 0.1) is 5.92 Å². The van der Waals surface area contributed by atoms with Crippen LogP contribution in [0.1, 0.15) is 19.5 Å². The van der Waals surface area contributed by atoms with Crippen molar-refractivity contribution in [2.75, 3.05) is 0 Å². The number of nitrogens with zero attached hydrogens (tertiary/aromatic N) is 2. The van der Waals surface area contributed by atoms with Crippen molar-refractivity contribution < 1.29 is 0 Å². The Bertz CT molecular complexity index is 315. The molecule has 1 aromatic heterocycles. The maximum Gasteiger partial charge on any atom is 0.347 e. The smallest absolute Gasteiger partial charge is 0.302 e. The van der Waals surface area contributed by atoms with E-state index < -0.39 is 0 Å². The van der Waals surface area contributed by atoms with E-state index >= 15 is 0 Å². The summed E-state index contributed by atoms with van der Waals surface area (Å²) in [5, 5.41) is 0. The van der Waals surface area contributed by atoms with Crippen molar-refractivity contribution in [3.8, 4) is 0 Å². The lowest BCUT2D eigenvalue weighted by molar-refractivity contribution is 0.626. The first-order chi connectivity index (χ1) is 5.59. The molecule has 1 aromatic rings. The highest BCUT2D eigenvalue weighted by Crippen LogP contribution is 2.01. The lowest BCUT2D eigenvalue weighted by atomic mass is 10.1. The van der Waals surface area contributed by atoms with Gasteiger partial charge in [-0.05, 0) is 18.4 Å². The average Bonchev–Trinajstić information content (AvgIpc) is 1.96. The first-order valence-electron chi connectivity index (χ1n) is 4.12. The number of rotatable bonds is 2. The van der Waals surface area contributed by atoms with Crippen LogP contribution in [-0.2, 0) is 13.5 Å². The molecule has 0 atom stereocenters. The Hall–Kier alpha value is -1.12. The molecular formula is C9H14N2O. The van der Waals surface area contributed by atoms with Gasteiger partial charge in [0.15, 0.2) is 0 Å². The second-order valence-corrected chi connectivity index (χ2v) is 3.41. The van der Waals surface area contributed by atoms with Crippen LogP contribution in [0.5, 0.6) is 0 Å². The normalized spacial score (nSPS) is 10.7. The molecule has 0 N–H and O–H groups in total. The largest absolute Gasteiger partial charge is 0.347 e. The molecule has 0 aliphatic carbocycles. The van der Waals surface area contributed by atoms with E-state index in [1.165, 1.54) is 4.57 Å². The first-order valence-corrected chi connectivity index (χ1v) is 4.12. The van der Waals surface area contributed by atoms with Crippen LogP contribution in [0.3, 0.4) is 0 Å². The molecule has 1 heterocycles. The number of hydrogen-bond acceptors (Lipinski definition) is 2. The lowest BCUT2D eigenvalue weighted by Crippen LogP contribution is -2.20. The van der Waals surface area contributed by atoms with Crippen LogP contribution in [-0.4, -0.2) is 9.55 Å². The van der Waals surface area contributed by atoms with Gasteiger partial charge in [0.05, 0.1) is 0 Å². The minimum atomic E-state index is -0.173. The molecule has 0 amide bonds. The molecule has 0 saturated heterocycles. The zero-order valence-corrected chi connectivity index (χ0v) is 7.74. The Kier molecular flexibility index (Phi) is 2.63. The van der Waals surface area contributed by atoms with Gasteiger partial charge in [-0.3, -0.25) is 0 Å². The van der Waals surface area contributed by atoms with Gasteiger partial charge in [0.1, 0.15) is 0 Å². The highest BCUT2D eigenvalue weighted by Gasteiger charge is 1.99. The minimum absolute atomic E-state index is 0.173. The van der Waals surface area contributed by atoms with E-state index in [2.05, 4.69) is 18.8 Å². The third-order valence-electron chi connectivity index (χ3n) is 1.65. The van der Waals surface area contributed by atoms with Crippen LogP contribution in [0.2, 0.25) is 0 Å². The molecule has 0 aliphatic heterocycles. The second-order valence-electron chi connectivity index (χ2n) is 3.41. The van der Waals surface area contributed by atoms with Crippen molar-refractivity contribution in [3.63, 3.8) is 0 Å². The van der Waals surface area contributed by atoms with E-state index in [9.17, 15) is 4.79 Å². The molecule has 66 valence electrons. The Morgan fingerprint density at radius 1 is 1.58 bits per heavy atom. The van der Waals surface area contributed by atoms with Crippen molar-refractivity contribution >= 4 is 0 Å². The Morgan fingerprint density at radius 2 is 2.25 bits per heavy atom. The van der Waals surface area contributed by atoms with Crippen LogP contribution < -0.4 is 5.69 Å². The molecule has 3 nitrogen and oxygen atoms in total. The zero-order valence-electron chi connectivity index (χ0n) is 7.74. The topological polar surface area (TPSA) is 34.9 Å². The maximum atomic E-state index is 11.1. The molecule has 0 aromatic carbocycles. The van der Waals surface area contributed by atoms with Gasteiger partial charge < -0.3 is 4.57 Å². The quantitative estimate of drug-likeness (QED) is 0.656. The Labute approximate surface area is 72.1 Å². The van der Waals surface area contributed by atoms with Crippen molar-refractivity contribution in [2.45, 2.75) is 20.3 Å². The number of aromatic nitrogens is 2. The summed E-state index contributed by atoms with van der Waals surface area (Å²) in [6.07, 6.45) is 2.63. The van der Waals surface area contributed by atoms with Gasteiger partial charge in [0.2, 0.25) is 0 Å². The molecule has 1 rings (SSSR count). The predicted molar refractivity (Wildman–Crippen MR) is 48.0 cm³/mol. The van der Waals surface area contributed by atoms with Gasteiger partial charge in [-0.1, -0.05) is 13.8 Å². The maximum absolute atomic E-state index is 11.1. The standard InChI is InChI=1S/C9H14N2O/c1-7(2)6-8-4-5-11(3)9(12)10-8/h4-5,7H,6H2,1-3H3. The molecule has 12 heavy (non-hydrogen) atoms.